The van der Waals surface area contributed by atoms with Crippen molar-refractivity contribution in [2.75, 3.05) is 5.32 Å². The van der Waals surface area contributed by atoms with Crippen molar-refractivity contribution in [2.24, 2.45) is 7.05 Å². The lowest BCUT2D eigenvalue weighted by atomic mass is 9.96. The summed E-state index contributed by atoms with van der Waals surface area (Å²) in [5.74, 6) is -1.50. The van der Waals surface area contributed by atoms with Crippen LogP contribution in [0.5, 0.6) is 0 Å². The first-order valence-electron chi connectivity index (χ1n) is 12.2. The molecule has 1 atom stereocenters. The van der Waals surface area contributed by atoms with Crippen LogP contribution in [0.15, 0.2) is 83.0 Å². The molecule has 1 unspecified atom stereocenters. The van der Waals surface area contributed by atoms with E-state index in [9.17, 15) is 24.5 Å². The van der Waals surface area contributed by atoms with Crippen LogP contribution in [0.3, 0.4) is 0 Å². The lowest BCUT2D eigenvalue weighted by Gasteiger charge is -2.18. The van der Waals surface area contributed by atoms with Gasteiger partial charge in [-0.15, -0.1) is 11.3 Å². The largest absolute Gasteiger partial charge is 0.448 e. The predicted molar refractivity (Wildman–Crippen MR) is 157 cm³/mol. The molecule has 0 saturated carbocycles. The molecule has 2 heterocycles. The predicted octanol–water partition coefficient (Wildman–Crippen LogP) is 6.07. The smallest absolute Gasteiger partial charge is 0.356 e. The van der Waals surface area contributed by atoms with Gasteiger partial charge in [-0.05, 0) is 36.1 Å². The minimum Gasteiger partial charge on any atom is -0.448 e. The van der Waals surface area contributed by atoms with Gasteiger partial charge in [0.2, 0.25) is 0 Å². The van der Waals surface area contributed by atoms with Gasteiger partial charge >= 0.3 is 5.97 Å². The van der Waals surface area contributed by atoms with Crippen molar-refractivity contribution in [1.29, 1.82) is 0 Å². The Hall–Kier alpha value is -4.87. The van der Waals surface area contributed by atoms with Crippen molar-refractivity contribution in [3.8, 4) is 22.4 Å². The zero-order chi connectivity index (χ0) is 29.3. The number of rotatable bonds is 7. The van der Waals surface area contributed by atoms with Crippen molar-refractivity contribution < 1.29 is 19.2 Å². The van der Waals surface area contributed by atoms with Crippen LogP contribution >= 0.6 is 22.9 Å². The number of fused-ring (bicyclic) bond motifs is 1. The number of benzene rings is 3. The number of thiazole rings is 1. The number of halogens is 1. The number of aromatic nitrogens is 2. The average Bonchev–Trinajstić information content (AvgIpc) is 3.43. The Kier molecular flexibility index (Phi) is 7.64. The number of carbonyl (C=O) groups excluding carboxylic acids is 2. The molecule has 0 aliphatic rings. The SMILES string of the molecule is CC(OC(=O)c1c(-c2ccc(Cl)cc2)c2ccccc2c(=O)n1C)C(=O)Nc1nc(-c2cccc([N+](=O)[O-])c2)cs1. The van der Waals surface area contributed by atoms with Gasteiger partial charge in [0.1, 0.15) is 5.69 Å². The van der Waals surface area contributed by atoms with Crippen LogP contribution in [0.2, 0.25) is 5.02 Å². The molecule has 3 aromatic carbocycles. The van der Waals surface area contributed by atoms with E-state index in [1.807, 2.05) is 0 Å². The molecule has 41 heavy (non-hydrogen) atoms. The molecule has 10 nitrogen and oxygen atoms in total. The van der Waals surface area contributed by atoms with Gasteiger partial charge in [-0.2, -0.15) is 0 Å². The van der Waals surface area contributed by atoms with Gasteiger partial charge in [-0.1, -0.05) is 54.1 Å². The fourth-order valence-corrected chi connectivity index (χ4v) is 5.18. The minimum atomic E-state index is -1.24. The number of amides is 1. The first kappa shape index (κ1) is 27.7. The summed E-state index contributed by atoms with van der Waals surface area (Å²) in [5.41, 5.74) is 1.58. The molecule has 12 heteroatoms. The van der Waals surface area contributed by atoms with E-state index in [-0.39, 0.29) is 22.1 Å². The molecular weight excluding hydrogens is 568 g/mol. The summed E-state index contributed by atoms with van der Waals surface area (Å²) in [6, 6.07) is 19.7. The van der Waals surface area contributed by atoms with E-state index in [0.717, 1.165) is 11.3 Å². The second-order valence-corrected chi connectivity index (χ2v) is 10.3. The molecule has 2 aromatic heterocycles. The quantitative estimate of drug-likeness (QED) is 0.138. The topological polar surface area (TPSA) is 133 Å². The average molecular weight is 589 g/mol. The van der Waals surface area contributed by atoms with Gasteiger partial charge in [0.05, 0.1) is 10.6 Å². The van der Waals surface area contributed by atoms with Gasteiger partial charge in [0.15, 0.2) is 11.2 Å². The van der Waals surface area contributed by atoms with Gasteiger partial charge in [0, 0.05) is 46.1 Å². The summed E-state index contributed by atoms with van der Waals surface area (Å²) in [4.78, 5) is 54.5. The van der Waals surface area contributed by atoms with E-state index < -0.39 is 22.9 Å². The summed E-state index contributed by atoms with van der Waals surface area (Å²) in [5, 5.41) is 17.0. The normalized spacial score (nSPS) is 11.7. The molecule has 0 spiro atoms. The molecule has 0 fully saturated rings. The molecule has 0 aliphatic heterocycles. The maximum atomic E-state index is 13.5. The van der Waals surface area contributed by atoms with Gasteiger partial charge in [-0.3, -0.25) is 25.0 Å². The number of anilines is 1. The molecule has 0 bridgehead atoms. The number of nitrogens with zero attached hydrogens (tertiary/aromatic N) is 3. The first-order chi connectivity index (χ1) is 19.6. The number of carbonyl (C=O) groups is 2. The Morgan fingerprint density at radius 3 is 2.46 bits per heavy atom. The number of non-ortho nitro benzene ring substituents is 1. The van der Waals surface area contributed by atoms with Crippen molar-refractivity contribution in [3.05, 3.63) is 109 Å². The lowest BCUT2D eigenvalue weighted by molar-refractivity contribution is -0.384. The number of nitro groups is 1. The number of nitro benzene ring substituents is 1. The molecule has 5 rings (SSSR count). The number of ether oxygens (including phenoxy) is 1. The van der Waals surface area contributed by atoms with Crippen LogP contribution in [0.4, 0.5) is 10.8 Å². The maximum Gasteiger partial charge on any atom is 0.356 e. The summed E-state index contributed by atoms with van der Waals surface area (Å²) in [7, 11) is 1.47. The summed E-state index contributed by atoms with van der Waals surface area (Å²) < 4.78 is 6.75. The highest BCUT2D eigenvalue weighted by molar-refractivity contribution is 7.14. The van der Waals surface area contributed by atoms with Crippen LogP contribution < -0.4 is 10.9 Å². The summed E-state index contributed by atoms with van der Waals surface area (Å²) in [6.07, 6.45) is -1.24. The van der Waals surface area contributed by atoms with Crippen LogP contribution in [0, 0.1) is 10.1 Å². The van der Waals surface area contributed by atoms with Crippen molar-refractivity contribution in [3.63, 3.8) is 0 Å². The number of pyridine rings is 1. The van der Waals surface area contributed by atoms with Crippen LogP contribution in [-0.2, 0) is 16.6 Å². The van der Waals surface area contributed by atoms with E-state index >= 15 is 0 Å². The Morgan fingerprint density at radius 2 is 1.76 bits per heavy atom. The van der Waals surface area contributed by atoms with E-state index in [0.29, 0.717) is 38.2 Å². The third kappa shape index (κ3) is 5.58. The third-order valence-electron chi connectivity index (χ3n) is 6.37. The molecule has 0 radical (unpaired) electrons. The highest BCUT2D eigenvalue weighted by Crippen LogP contribution is 2.32. The summed E-state index contributed by atoms with van der Waals surface area (Å²) in [6.45, 7) is 1.41. The van der Waals surface area contributed by atoms with E-state index in [4.69, 9.17) is 16.3 Å². The molecule has 5 aromatic rings. The Balaban J connectivity index is 1.41. The lowest BCUT2D eigenvalue weighted by Crippen LogP contribution is -2.32. The Labute approximate surface area is 242 Å². The summed E-state index contributed by atoms with van der Waals surface area (Å²) >= 11 is 7.20. The van der Waals surface area contributed by atoms with Crippen molar-refractivity contribution in [2.45, 2.75) is 13.0 Å². The van der Waals surface area contributed by atoms with E-state index in [1.165, 1.54) is 30.7 Å². The van der Waals surface area contributed by atoms with Gasteiger partial charge in [0.25, 0.3) is 17.2 Å². The second kappa shape index (κ2) is 11.3. The Bertz CT molecular complexity index is 1880. The monoisotopic (exact) mass is 588 g/mol. The van der Waals surface area contributed by atoms with Crippen molar-refractivity contribution in [1.82, 2.24) is 9.55 Å². The molecule has 1 N–H and O–H groups in total. The molecule has 0 saturated heterocycles. The van der Waals surface area contributed by atoms with Crippen LogP contribution in [0.25, 0.3) is 33.2 Å². The first-order valence-corrected chi connectivity index (χ1v) is 13.5. The molecular formula is C29H21ClN4O6S. The minimum absolute atomic E-state index is 0.0159. The number of nitrogens with one attached hydrogen (secondary N) is 1. The Morgan fingerprint density at radius 1 is 1.05 bits per heavy atom. The highest BCUT2D eigenvalue weighted by Gasteiger charge is 2.27. The number of hydrogen-bond donors (Lipinski definition) is 1. The second-order valence-electron chi connectivity index (χ2n) is 9.02. The van der Waals surface area contributed by atoms with Gasteiger partial charge < -0.3 is 9.30 Å². The van der Waals surface area contributed by atoms with E-state index in [1.54, 1.807) is 66.0 Å². The molecule has 206 valence electrons. The third-order valence-corrected chi connectivity index (χ3v) is 7.38. The molecule has 0 aliphatic carbocycles. The number of hydrogen-bond acceptors (Lipinski definition) is 8. The van der Waals surface area contributed by atoms with Crippen LogP contribution in [-0.4, -0.2) is 32.5 Å². The fraction of sp³-hybridized carbons (Fsp3) is 0.103. The maximum absolute atomic E-state index is 13.5. The zero-order valence-corrected chi connectivity index (χ0v) is 23.2. The molecule has 1 amide bonds. The highest BCUT2D eigenvalue weighted by atomic mass is 35.5. The zero-order valence-electron chi connectivity index (χ0n) is 21.7. The standard InChI is InChI=1S/C29H21ClN4O6S/c1-16(26(35)32-29-31-23(15-41-29)18-6-5-7-20(14-18)34(38)39)40-28(37)25-24(17-10-12-19(30)13-11-17)21-8-3-4-9-22(21)27(36)33(25)2/h3-16H,1-2H3,(H,31,32,35). The van der Waals surface area contributed by atoms with Crippen molar-refractivity contribution >= 4 is 56.4 Å². The van der Waals surface area contributed by atoms with Gasteiger partial charge in [-0.25, -0.2) is 9.78 Å². The van der Waals surface area contributed by atoms with Crippen LogP contribution in [0.1, 0.15) is 17.4 Å². The van der Waals surface area contributed by atoms with E-state index in [2.05, 4.69) is 10.3 Å². The fourth-order valence-electron chi connectivity index (χ4n) is 4.33. The number of esters is 1.